The molecule has 0 spiro atoms. The number of nitrogens with one attached hydrogen (secondary N) is 2. The predicted molar refractivity (Wildman–Crippen MR) is 114 cm³/mol. The molecule has 0 saturated heterocycles. The van der Waals surface area contributed by atoms with Crippen LogP contribution >= 0.6 is 0 Å². The molecule has 0 atom stereocenters. The summed E-state index contributed by atoms with van der Waals surface area (Å²) in [5.74, 6) is -1.27. The van der Waals surface area contributed by atoms with Gasteiger partial charge in [-0.25, -0.2) is 8.42 Å². The molecule has 0 aliphatic heterocycles. The molecular weight excluding hydrogens is 436 g/mol. The predicted octanol–water partition coefficient (Wildman–Crippen LogP) is 1.60. The Balaban J connectivity index is 1.45. The Bertz CT molecular complexity index is 1160. The van der Waals surface area contributed by atoms with Crippen LogP contribution in [0.25, 0.3) is 0 Å². The molecule has 0 fully saturated rings. The van der Waals surface area contributed by atoms with E-state index in [4.69, 9.17) is 9.26 Å². The van der Waals surface area contributed by atoms with Crippen LogP contribution in [-0.4, -0.2) is 50.1 Å². The Morgan fingerprint density at radius 1 is 0.969 bits per heavy atom. The largest absolute Gasteiger partial charge is 0.494 e. The summed E-state index contributed by atoms with van der Waals surface area (Å²) in [6.45, 7) is 2.69. The van der Waals surface area contributed by atoms with Gasteiger partial charge in [0.05, 0.1) is 11.5 Å². The first-order valence-electron chi connectivity index (χ1n) is 9.78. The van der Waals surface area contributed by atoms with Crippen LogP contribution in [0.4, 0.5) is 0 Å². The fourth-order valence-corrected chi connectivity index (χ4v) is 3.88. The number of benzene rings is 2. The van der Waals surface area contributed by atoms with Crippen molar-refractivity contribution >= 4 is 21.7 Å². The van der Waals surface area contributed by atoms with Gasteiger partial charge in [0, 0.05) is 18.7 Å². The first-order valence-corrected chi connectivity index (χ1v) is 11.4. The number of hydrogen-bond donors (Lipinski definition) is 2. The molecule has 11 heteroatoms. The van der Waals surface area contributed by atoms with E-state index in [-0.39, 0.29) is 35.6 Å². The van der Waals surface area contributed by atoms with E-state index >= 15 is 0 Å². The van der Waals surface area contributed by atoms with Crippen LogP contribution in [0.15, 0.2) is 64.0 Å². The van der Waals surface area contributed by atoms with Crippen molar-refractivity contribution in [2.75, 3.05) is 19.7 Å². The van der Waals surface area contributed by atoms with E-state index in [0.717, 1.165) is 0 Å². The number of carbonyl (C=O) groups is 2. The van der Waals surface area contributed by atoms with Crippen molar-refractivity contribution in [3.63, 3.8) is 0 Å². The minimum Gasteiger partial charge on any atom is -0.494 e. The summed E-state index contributed by atoms with van der Waals surface area (Å²) in [5, 5.41) is 8.75. The van der Waals surface area contributed by atoms with Crippen molar-refractivity contribution in [1.29, 1.82) is 0 Å². The van der Waals surface area contributed by atoms with Gasteiger partial charge in [0.1, 0.15) is 11.5 Å². The van der Waals surface area contributed by atoms with E-state index in [2.05, 4.69) is 20.8 Å². The van der Waals surface area contributed by atoms with Crippen LogP contribution in [0.1, 0.15) is 33.8 Å². The van der Waals surface area contributed by atoms with Gasteiger partial charge in [-0.05, 0) is 43.3 Å². The summed E-state index contributed by atoms with van der Waals surface area (Å²) in [7, 11) is -3.66. The number of amides is 2. The van der Waals surface area contributed by atoms with Crippen LogP contribution in [0, 0.1) is 0 Å². The molecule has 3 aromatic rings. The molecule has 168 valence electrons. The lowest BCUT2D eigenvalue weighted by molar-refractivity contribution is 0.0898. The molecule has 0 aliphatic carbocycles. The quantitative estimate of drug-likeness (QED) is 0.437. The average molecular weight is 458 g/mol. The zero-order valence-electron chi connectivity index (χ0n) is 17.3. The molecule has 1 heterocycles. The summed E-state index contributed by atoms with van der Waals surface area (Å²) < 4.78 is 34.9. The second-order valence-corrected chi connectivity index (χ2v) is 8.55. The summed E-state index contributed by atoms with van der Waals surface area (Å²) in [6, 6.07) is 14.5. The summed E-state index contributed by atoms with van der Waals surface area (Å²) in [6.07, 6.45) is 0. The zero-order chi connectivity index (χ0) is 23.0. The van der Waals surface area contributed by atoms with Gasteiger partial charge in [-0.1, -0.05) is 23.4 Å². The highest BCUT2D eigenvalue weighted by molar-refractivity contribution is 7.90. The molecule has 0 saturated carbocycles. The summed E-state index contributed by atoms with van der Waals surface area (Å²) in [4.78, 5) is 28.2. The molecule has 2 amide bonds. The second-order valence-electron chi connectivity index (χ2n) is 6.56. The van der Waals surface area contributed by atoms with Gasteiger partial charge >= 0.3 is 11.8 Å². The van der Waals surface area contributed by atoms with Crippen LogP contribution in [0.3, 0.4) is 0 Å². The van der Waals surface area contributed by atoms with E-state index < -0.39 is 21.5 Å². The van der Waals surface area contributed by atoms with E-state index in [0.29, 0.717) is 17.9 Å². The SMILES string of the molecule is CCOc1ccc(C(=O)NCCNC(=O)c2nc(CS(=O)(=O)c3ccccc3)no2)cc1. The average Bonchev–Trinajstić information content (AvgIpc) is 3.25. The standard InChI is InChI=1S/C21H22N4O6S/c1-2-30-16-10-8-15(9-11-16)19(26)22-12-13-23-20(27)21-24-18(25-31-21)14-32(28,29)17-6-4-3-5-7-17/h3-11H,2,12-14H2,1H3,(H,22,26)(H,23,27). The number of hydrogen-bond acceptors (Lipinski definition) is 8. The third kappa shape index (κ3) is 6.14. The number of aromatic nitrogens is 2. The van der Waals surface area contributed by atoms with E-state index in [1.54, 1.807) is 42.5 Å². The number of carbonyl (C=O) groups excluding carboxylic acids is 2. The Morgan fingerprint density at radius 2 is 1.62 bits per heavy atom. The fourth-order valence-electron chi connectivity index (χ4n) is 2.68. The van der Waals surface area contributed by atoms with Crippen LogP contribution in [-0.2, 0) is 15.6 Å². The molecule has 0 unspecified atom stereocenters. The lowest BCUT2D eigenvalue weighted by Gasteiger charge is -2.07. The Labute approximate surface area is 184 Å². The third-order valence-corrected chi connectivity index (χ3v) is 5.84. The number of nitrogens with zero attached hydrogens (tertiary/aromatic N) is 2. The van der Waals surface area contributed by atoms with Gasteiger partial charge in [-0.15, -0.1) is 0 Å². The van der Waals surface area contributed by atoms with Gasteiger partial charge < -0.3 is 19.9 Å². The molecule has 0 aliphatic rings. The molecule has 2 aromatic carbocycles. The maximum atomic E-state index is 12.4. The van der Waals surface area contributed by atoms with Crippen molar-refractivity contribution in [1.82, 2.24) is 20.8 Å². The molecule has 32 heavy (non-hydrogen) atoms. The van der Waals surface area contributed by atoms with Crippen molar-refractivity contribution in [3.05, 3.63) is 71.9 Å². The maximum Gasteiger partial charge on any atom is 0.315 e. The molecule has 3 rings (SSSR count). The van der Waals surface area contributed by atoms with Crippen molar-refractivity contribution in [3.8, 4) is 5.75 Å². The van der Waals surface area contributed by atoms with E-state index in [1.807, 2.05) is 6.92 Å². The maximum absolute atomic E-state index is 12.4. The van der Waals surface area contributed by atoms with E-state index in [1.165, 1.54) is 12.1 Å². The Morgan fingerprint density at radius 3 is 2.28 bits per heavy atom. The highest BCUT2D eigenvalue weighted by atomic mass is 32.2. The summed E-state index contributed by atoms with van der Waals surface area (Å²) in [5.41, 5.74) is 0.459. The highest BCUT2D eigenvalue weighted by Crippen LogP contribution is 2.14. The Kier molecular flexibility index (Phi) is 7.55. The molecule has 0 bridgehead atoms. The first-order chi connectivity index (χ1) is 15.4. The molecular formula is C21H22N4O6S. The van der Waals surface area contributed by atoms with E-state index in [9.17, 15) is 18.0 Å². The molecule has 1 aromatic heterocycles. The van der Waals surface area contributed by atoms with Crippen LogP contribution in [0.2, 0.25) is 0 Å². The molecule has 10 nitrogen and oxygen atoms in total. The lowest BCUT2D eigenvalue weighted by Crippen LogP contribution is -2.34. The summed E-state index contributed by atoms with van der Waals surface area (Å²) >= 11 is 0. The first kappa shape index (κ1) is 22.9. The van der Waals surface area contributed by atoms with Crippen molar-refractivity contribution in [2.24, 2.45) is 0 Å². The van der Waals surface area contributed by atoms with Gasteiger partial charge in [0.15, 0.2) is 15.7 Å². The fraction of sp³-hybridized carbons (Fsp3) is 0.238. The minimum absolute atomic E-state index is 0.113. The van der Waals surface area contributed by atoms with Crippen molar-refractivity contribution in [2.45, 2.75) is 17.6 Å². The topological polar surface area (TPSA) is 140 Å². The van der Waals surface area contributed by atoms with Crippen LogP contribution in [0.5, 0.6) is 5.75 Å². The van der Waals surface area contributed by atoms with Gasteiger partial charge in [-0.3, -0.25) is 9.59 Å². The smallest absolute Gasteiger partial charge is 0.315 e. The minimum atomic E-state index is -3.66. The molecule has 0 radical (unpaired) electrons. The number of sulfone groups is 1. The number of rotatable bonds is 10. The third-order valence-electron chi connectivity index (χ3n) is 4.21. The Hall–Kier alpha value is -3.73. The zero-order valence-corrected chi connectivity index (χ0v) is 18.1. The molecule has 2 N–H and O–H groups in total. The monoisotopic (exact) mass is 458 g/mol. The van der Waals surface area contributed by atoms with Gasteiger partial charge in [-0.2, -0.15) is 4.98 Å². The second kappa shape index (κ2) is 10.5. The van der Waals surface area contributed by atoms with Gasteiger partial charge in [0.2, 0.25) is 0 Å². The number of ether oxygens (including phenoxy) is 1. The highest BCUT2D eigenvalue weighted by Gasteiger charge is 2.21. The van der Waals surface area contributed by atoms with Gasteiger partial charge in [0.25, 0.3) is 5.91 Å². The van der Waals surface area contributed by atoms with Crippen LogP contribution < -0.4 is 15.4 Å². The lowest BCUT2D eigenvalue weighted by atomic mass is 10.2. The normalized spacial score (nSPS) is 11.0. The van der Waals surface area contributed by atoms with Crippen molar-refractivity contribution < 1.29 is 27.3 Å².